The highest BCUT2D eigenvalue weighted by Gasteiger charge is 2.23. The standard InChI is InChI=1S/C21H22ClFN6/c1-28-9-11-29(12-10-28)16-8-7-15(14-5-3-2-4-6-14)17(23)19(16)27-21-18(24)20(22)25-13-26-21/h2-8,13H,9-12,24H2,1H3,(H,25,26,27). The molecule has 1 aliphatic heterocycles. The Morgan fingerprint density at radius 3 is 2.48 bits per heavy atom. The van der Waals surface area contributed by atoms with Gasteiger partial charge in [-0.15, -0.1) is 0 Å². The fourth-order valence-corrected chi connectivity index (χ4v) is 3.56. The summed E-state index contributed by atoms with van der Waals surface area (Å²) < 4.78 is 15.8. The van der Waals surface area contributed by atoms with E-state index in [4.69, 9.17) is 17.3 Å². The van der Waals surface area contributed by atoms with Gasteiger partial charge in [0.15, 0.2) is 16.8 Å². The summed E-state index contributed by atoms with van der Waals surface area (Å²) in [5.74, 6) is -0.0775. The molecule has 4 rings (SSSR count). The molecular formula is C21H22ClFN6. The van der Waals surface area contributed by atoms with Crippen LogP contribution in [0.4, 0.5) is 27.3 Å². The summed E-state index contributed by atoms with van der Waals surface area (Å²) in [5, 5.41) is 3.21. The lowest BCUT2D eigenvalue weighted by molar-refractivity contribution is 0.313. The number of anilines is 4. The molecule has 1 saturated heterocycles. The van der Waals surface area contributed by atoms with Crippen LogP contribution in [-0.2, 0) is 0 Å². The van der Waals surface area contributed by atoms with E-state index in [-0.39, 0.29) is 22.5 Å². The van der Waals surface area contributed by atoms with E-state index >= 15 is 4.39 Å². The first kappa shape index (κ1) is 19.4. The second-order valence-electron chi connectivity index (χ2n) is 7.03. The number of nitrogens with zero attached hydrogens (tertiary/aromatic N) is 4. The third-order valence-electron chi connectivity index (χ3n) is 5.13. The maximum Gasteiger partial charge on any atom is 0.158 e. The van der Waals surface area contributed by atoms with E-state index in [1.54, 1.807) is 0 Å². The first-order valence-electron chi connectivity index (χ1n) is 9.39. The second-order valence-corrected chi connectivity index (χ2v) is 7.39. The number of rotatable bonds is 4. The number of nitrogens with one attached hydrogen (secondary N) is 1. The van der Waals surface area contributed by atoms with Crippen molar-refractivity contribution in [1.29, 1.82) is 0 Å². The summed E-state index contributed by atoms with van der Waals surface area (Å²) in [6.07, 6.45) is 1.30. The molecule has 0 bridgehead atoms. The molecule has 0 amide bonds. The number of halogens is 2. The minimum atomic E-state index is -0.359. The number of aromatic nitrogens is 2. The van der Waals surface area contributed by atoms with Crippen molar-refractivity contribution in [3.63, 3.8) is 0 Å². The number of likely N-dealkylation sites (N-methyl/N-ethyl adjacent to an activating group) is 1. The van der Waals surface area contributed by atoms with Crippen LogP contribution in [0.25, 0.3) is 11.1 Å². The van der Waals surface area contributed by atoms with Gasteiger partial charge >= 0.3 is 0 Å². The Morgan fingerprint density at radius 2 is 1.76 bits per heavy atom. The zero-order valence-corrected chi connectivity index (χ0v) is 16.8. The van der Waals surface area contributed by atoms with Crippen molar-refractivity contribution in [1.82, 2.24) is 14.9 Å². The van der Waals surface area contributed by atoms with Gasteiger partial charge in [-0.05, 0) is 24.7 Å². The number of nitrogens with two attached hydrogens (primary N) is 1. The molecule has 0 saturated carbocycles. The van der Waals surface area contributed by atoms with Gasteiger partial charge in [-0.1, -0.05) is 41.9 Å². The maximum absolute atomic E-state index is 15.8. The van der Waals surface area contributed by atoms with Crippen molar-refractivity contribution in [3.05, 3.63) is 59.8 Å². The number of piperazine rings is 1. The Hall–Kier alpha value is -2.90. The Morgan fingerprint density at radius 1 is 1.03 bits per heavy atom. The van der Waals surface area contributed by atoms with Gasteiger partial charge in [0.25, 0.3) is 0 Å². The fourth-order valence-electron chi connectivity index (χ4n) is 3.43. The Bertz CT molecular complexity index is 1010. The van der Waals surface area contributed by atoms with Gasteiger partial charge in [-0.25, -0.2) is 14.4 Å². The highest BCUT2D eigenvalue weighted by Crippen LogP contribution is 2.38. The molecule has 0 aliphatic carbocycles. The topological polar surface area (TPSA) is 70.3 Å². The summed E-state index contributed by atoms with van der Waals surface area (Å²) in [6.45, 7) is 3.41. The molecule has 29 heavy (non-hydrogen) atoms. The maximum atomic E-state index is 15.8. The molecule has 3 N–H and O–H groups in total. The quantitative estimate of drug-likeness (QED) is 0.631. The summed E-state index contributed by atoms with van der Waals surface area (Å²) in [5.41, 5.74) is 8.60. The average molecular weight is 413 g/mol. The van der Waals surface area contributed by atoms with Gasteiger partial charge in [-0.2, -0.15) is 0 Å². The first-order chi connectivity index (χ1) is 14.0. The minimum Gasteiger partial charge on any atom is -0.393 e. The summed E-state index contributed by atoms with van der Waals surface area (Å²) in [6, 6.07) is 13.2. The number of benzene rings is 2. The van der Waals surface area contributed by atoms with Crippen molar-refractivity contribution < 1.29 is 4.39 Å². The van der Waals surface area contributed by atoms with E-state index in [1.165, 1.54) is 6.33 Å². The molecule has 0 atom stereocenters. The number of hydrogen-bond acceptors (Lipinski definition) is 6. The van der Waals surface area contributed by atoms with Gasteiger partial charge in [-0.3, -0.25) is 0 Å². The van der Waals surface area contributed by atoms with E-state index < -0.39 is 0 Å². The molecule has 3 aromatic rings. The first-order valence-corrected chi connectivity index (χ1v) is 9.77. The van der Waals surface area contributed by atoms with Gasteiger partial charge in [0.05, 0.1) is 5.69 Å². The van der Waals surface area contributed by atoms with E-state index in [0.29, 0.717) is 11.3 Å². The van der Waals surface area contributed by atoms with Crippen LogP contribution in [0.15, 0.2) is 48.8 Å². The molecular weight excluding hydrogens is 391 g/mol. The Balaban J connectivity index is 1.81. The molecule has 150 valence electrons. The summed E-state index contributed by atoms with van der Waals surface area (Å²) >= 11 is 6.03. The van der Waals surface area contributed by atoms with E-state index in [2.05, 4.69) is 32.1 Å². The van der Waals surface area contributed by atoms with Crippen LogP contribution in [0.1, 0.15) is 0 Å². The van der Waals surface area contributed by atoms with Crippen molar-refractivity contribution in [2.45, 2.75) is 0 Å². The third kappa shape index (κ3) is 3.97. The second kappa shape index (κ2) is 8.23. The van der Waals surface area contributed by atoms with Crippen molar-refractivity contribution >= 4 is 34.5 Å². The molecule has 1 aliphatic rings. The SMILES string of the molecule is CN1CCN(c2ccc(-c3ccccc3)c(F)c2Nc2ncnc(Cl)c2N)CC1. The van der Waals surface area contributed by atoms with E-state index in [9.17, 15) is 0 Å². The predicted octanol–water partition coefficient (Wildman–Crippen LogP) is 4.01. The zero-order chi connectivity index (χ0) is 20.4. The van der Waals surface area contributed by atoms with Crippen LogP contribution in [-0.4, -0.2) is 48.1 Å². The lowest BCUT2D eigenvalue weighted by Gasteiger charge is -2.35. The summed E-state index contributed by atoms with van der Waals surface area (Å²) in [4.78, 5) is 12.4. The monoisotopic (exact) mass is 412 g/mol. The highest BCUT2D eigenvalue weighted by atomic mass is 35.5. The van der Waals surface area contributed by atoms with Crippen LogP contribution in [0.2, 0.25) is 5.15 Å². The molecule has 2 heterocycles. The van der Waals surface area contributed by atoms with Crippen LogP contribution in [0.3, 0.4) is 0 Å². The van der Waals surface area contributed by atoms with Crippen molar-refractivity contribution in [3.8, 4) is 11.1 Å². The van der Waals surface area contributed by atoms with Crippen molar-refractivity contribution in [2.24, 2.45) is 0 Å². The molecule has 6 nitrogen and oxygen atoms in total. The van der Waals surface area contributed by atoms with E-state index in [0.717, 1.165) is 37.4 Å². The average Bonchev–Trinajstić information content (AvgIpc) is 2.74. The molecule has 2 aromatic carbocycles. The summed E-state index contributed by atoms with van der Waals surface area (Å²) in [7, 11) is 2.08. The third-order valence-corrected chi connectivity index (χ3v) is 5.43. The molecule has 1 fully saturated rings. The lowest BCUT2D eigenvalue weighted by Crippen LogP contribution is -2.44. The van der Waals surface area contributed by atoms with E-state index in [1.807, 2.05) is 42.5 Å². The largest absolute Gasteiger partial charge is 0.393 e. The predicted molar refractivity (Wildman–Crippen MR) is 116 cm³/mol. The lowest BCUT2D eigenvalue weighted by atomic mass is 10.0. The molecule has 8 heteroatoms. The van der Waals surface area contributed by atoms with Gasteiger partial charge in [0.1, 0.15) is 17.7 Å². The molecule has 0 radical (unpaired) electrons. The van der Waals surface area contributed by atoms with Gasteiger partial charge < -0.3 is 20.9 Å². The van der Waals surface area contributed by atoms with Crippen LogP contribution >= 0.6 is 11.6 Å². The molecule has 0 unspecified atom stereocenters. The number of nitrogen functional groups attached to an aromatic ring is 1. The fraction of sp³-hybridized carbons (Fsp3) is 0.238. The Kier molecular flexibility index (Phi) is 5.51. The van der Waals surface area contributed by atoms with Gasteiger partial charge in [0, 0.05) is 31.7 Å². The molecule has 0 spiro atoms. The Labute approximate surface area is 174 Å². The smallest absolute Gasteiger partial charge is 0.158 e. The zero-order valence-electron chi connectivity index (χ0n) is 16.1. The van der Waals surface area contributed by atoms with Crippen molar-refractivity contribution in [2.75, 3.05) is 49.2 Å². The molecule has 1 aromatic heterocycles. The van der Waals surface area contributed by atoms with Crippen LogP contribution < -0.4 is 16.0 Å². The highest BCUT2D eigenvalue weighted by molar-refractivity contribution is 6.32. The van der Waals surface area contributed by atoms with Crippen LogP contribution in [0.5, 0.6) is 0 Å². The van der Waals surface area contributed by atoms with Gasteiger partial charge in [0.2, 0.25) is 0 Å². The normalized spacial score (nSPS) is 14.8. The number of hydrogen-bond donors (Lipinski definition) is 2. The van der Waals surface area contributed by atoms with Crippen LogP contribution in [0, 0.1) is 5.82 Å². The minimum absolute atomic E-state index is 0.128.